The zero-order chi connectivity index (χ0) is 22.2. The SMILES string of the molecule is O=C(COc1ccc(C=NN2C(=O)[C@@H]3[C@H](C2=O)[C@H]2C=C[C@H]3C2)cc1)Nc1cccc(F)c1. The Bertz CT molecular complexity index is 1110. The molecule has 162 valence electrons. The summed E-state index contributed by atoms with van der Waals surface area (Å²) in [5.74, 6) is -1.09. The first kappa shape index (κ1) is 20.1. The minimum atomic E-state index is -0.439. The number of carbonyl (C=O) groups is 3. The minimum absolute atomic E-state index is 0.149. The van der Waals surface area contributed by atoms with Crippen molar-refractivity contribution in [3.8, 4) is 5.75 Å². The lowest BCUT2D eigenvalue weighted by Crippen LogP contribution is -2.28. The van der Waals surface area contributed by atoms with Crippen molar-refractivity contribution in [1.29, 1.82) is 0 Å². The highest BCUT2D eigenvalue weighted by atomic mass is 19.1. The average molecular weight is 433 g/mol. The van der Waals surface area contributed by atoms with Crippen LogP contribution < -0.4 is 10.1 Å². The van der Waals surface area contributed by atoms with Gasteiger partial charge in [0.05, 0.1) is 18.1 Å². The van der Waals surface area contributed by atoms with Gasteiger partial charge in [0.15, 0.2) is 6.61 Å². The number of hydrogen-bond donors (Lipinski definition) is 1. The van der Waals surface area contributed by atoms with Gasteiger partial charge < -0.3 is 10.1 Å². The number of hydrogen-bond acceptors (Lipinski definition) is 5. The molecule has 0 aromatic heterocycles. The first-order valence-corrected chi connectivity index (χ1v) is 10.4. The molecule has 1 heterocycles. The lowest BCUT2D eigenvalue weighted by Gasteiger charge is -2.13. The Morgan fingerprint density at radius 3 is 2.44 bits per heavy atom. The second-order valence-electron chi connectivity index (χ2n) is 8.15. The van der Waals surface area contributed by atoms with Gasteiger partial charge in [-0.2, -0.15) is 10.1 Å². The van der Waals surface area contributed by atoms with Gasteiger partial charge in [-0.1, -0.05) is 18.2 Å². The standard InChI is InChI=1S/C24H20FN3O4/c25-17-2-1-3-18(11-17)27-20(29)13-32-19-8-4-14(5-9-19)12-26-28-23(30)21-15-6-7-16(10-15)22(21)24(28)31/h1-9,11-12,15-16,21-22H,10,13H2,(H,27,29)/t15-,16-,21-,22+/m0/s1. The molecule has 32 heavy (non-hydrogen) atoms. The Labute approximate surface area is 183 Å². The molecule has 5 rings (SSSR count). The number of benzene rings is 2. The molecule has 1 saturated heterocycles. The fourth-order valence-electron chi connectivity index (χ4n) is 4.69. The van der Waals surface area contributed by atoms with E-state index >= 15 is 0 Å². The van der Waals surface area contributed by atoms with E-state index in [2.05, 4.69) is 10.4 Å². The molecule has 0 spiro atoms. The van der Waals surface area contributed by atoms with Gasteiger partial charge in [-0.15, -0.1) is 0 Å². The van der Waals surface area contributed by atoms with Gasteiger partial charge >= 0.3 is 0 Å². The summed E-state index contributed by atoms with van der Waals surface area (Å²) in [5.41, 5.74) is 1.03. The number of carbonyl (C=O) groups excluding carboxylic acids is 3. The number of hydrazone groups is 1. The Hall–Kier alpha value is -3.81. The number of nitrogens with zero attached hydrogens (tertiary/aromatic N) is 2. The molecular formula is C24H20FN3O4. The lowest BCUT2D eigenvalue weighted by atomic mass is 9.85. The van der Waals surface area contributed by atoms with Gasteiger partial charge in [0.1, 0.15) is 11.6 Å². The van der Waals surface area contributed by atoms with Crippen LogP contribution in [0.5, 0.6) is 5.75 Å². The van der Waals surface area contributed by atoms with Gasteiger partial charge in [-0.25, -0.2) is 4.39 Å². The summed E-state index contributed by atoms with van der Waals surface area (Å²) in [6.07, 6.45) is 6.43. The summed E-state index contributed by atoms with van der Waals surface area (Å²) in [7, 11) is 0. The van der Waals surface area contributed by atoms with E-state index in [-0.39, 0.29) is 42.1 Å². The molecule has 3 amide bonds. The molecule has 2 aromatic rings. The van der Waals surface area contributed by atoms with Gasteiger partial charge in [0, 0.05) is 5.69 Å². The maximum absolute atomic E-state index is 13.2. The second kappa shape index (κ2) is 8.03. The van der Waals surface area contributed by atoms with Crippen molar-refractivity contribution in [3.05, 3.63) is 72.1 Å². The fraction of sp³-hybridized carbons (Fsp3) is 0.250. The highest BCUT2D eigenvalue weighted by Gasteiger charge is 2.59. The molecule has 7 nitrogen and oxygen atoms in total. The van der Waals surface area contributed by atoms with E-state index in [1.165, 1.54) is 24.4 Å². The Morgan fingerprint density at radius 2 is 1.78 bits per heavy atom. The number of rotatable bonds is 6. The largest absolute Gasteiger partial charge is 0.484 e. The highest BCUT2D eigenvalue weighted by Crippen LogP contribution is 2.52. The van der Waals surface area contributed by atoms with Crippen LogP contribution in [0.2, 0.25) is 0 Å². The van der Waals surface area contributed by atoms with Crippen molar-refractivity contribution < 1.29 is 23.5 Å². The molecule has 4 atom stereocenters. The number of amides is 3. The summed E-state index contributed by atoms with van der Waals surface area (Å²) in [4.78, 5) is 37.2. The lowest BCUT2D eigenvalue weighted by molar-refractivity contribution is -0.140. The summed E-state index contributed by atoms with van der Waals surface area (Å²) < 4.78 is 18.6. The number of halogens is 1. The van der Waals surface area contributed by atoms with E-state index in [1.807, 2.05) is 12.2 Å². The van der Waals surface area contributed by atoms with E-state index < -0.39 is 11.7 Å². The van der Waals surface area contributed by atoms with Crippen molar-refractivity contribution in [2.45, 2.75) is 6.42 Å². The summed E-state index contributed by atoms with van der Waals surface area (Å²) in [5, 5.41) is 7.69. The molecule has 0 radical (unpaired) electrons. The Kier molecular flexibility index (Phi) is 5.05. The first-order chi connectivity index (χ1) is 15.5. The van der Waals surface area contributed by atoms with Crippen molar-refractivity contribution >= 4 is 29.6 Å². The van der Waals surface area contributed by atoms with Crippen molar-refractivity contribution in [3.63, 3.8) is 0 Å². The van der Waals surface area contributed by atoms with Crippen LogP contribution in [0, 0.1) is 29.5 Å². The highest BCUT2D eigenvalue weighted by molar-refractivity contribution is 6.06. The number of nitrogens with one attached hydrogen (secondary N) is 1. The Balaban J connectivity index is 1.16. The molecule has 1 saturated carbocycles. The number of fused-ring (bicyclic) bond motifs is 5. The zero-order valence-electron chi connectivity index (χ0n) is 17.0. The normalized spacial score (nSPS) is 25.6. The quantitative estimate of drug-likeness (QED) is 0.431. The van der Waals surface area contributed by atoms with Crippen molar-refractivity contribution in [2.24, 2.45) is 28.8 Å². The van der Waals surface area contributed by atoms with Crippen LogP contribution in [-0.2, 0) is 14.4 Å². The van der Waals surface area contributed by atoms with Crippen molar-refractivity contribution in [1.82, 2.24) is 5.01 Å². The van der Waals surface area contributed by atoms with Crippen molar-refractivity contribution in [2.75, 3.05) is 11.9 Å². The summed E-state index contributed by atoms with van der Waals surface area (Å²) in [6.45, 7) is -0.236. The van der Waals surface area contributed by atoms with Crippen LogP contribution in [0.15, 0.2) is 65.8 Å². The average Bonchev–Trinajstić information content (AvgIpc) is 3.46. The van der Waals surface area contributed by atoms with E-state index in [0.717, 1.165) is 11.4 Å². The molecule has 2 aromatic carbocycles. The third kappa shape index (κ3) is 3.68. The molecule has 2 bridgehead atoms. The first-order valence-electron chi connectivity index (χ1n) is 10.4. The predicted octanol–water partition coefficient (Wildman–Crippen LogP) is 2.98. The van der Waals surface area contributed by atoms with Gasteiger partial charge in [0.2, 0.25) is 0 Å². The number of ether oxygens (including phenoxy) is 1. The summed E-state index contributed by atoms with van der Waals surface area (Å²) in [6, 6.07) is 12.3. The van der Waals surface area contributed by atoms with Gasteiger partial charge in [-0.3, -0.25) is 14.4 Å². The third-order valence-corrected chi connectivity index (χ3v) is 6.13. The number of allylic oxidation sites excluding steroid dienone is 2. The third-order valence-electron chi connectivity index (χ3n) is 6.13. The second-order valence-corrected chi connectivity index (χ2v) is 8.15. The molecule has 8 heteroatoms. The molecule has 1 N–H and O–H groups in total. The zero-order valence-corrected chi connectivity index (χ0v) is 17.0. The van der Waals surface area contributed by atoms with E-state index in [4.69, 9.17) is 4.74 Å². The van der Waals surface area contributed by atoms with Crippen LogP contribution in [0.3, 0.4) is 0 Å². The van der Waals surface area contributed by atoms with Crippen LogP contribution >= 0.6 is 0 Å². The minimum Gasteiger partial charge on any atom is -0.484 e. The fourth-order valence-corrected chi connectivity index (χ4v) is 4.69. The van der Waals surface area contributed by atoms with E-state index in [0.29, 0.717) is 17.0 Å². The molecule has 3 aliphatic rings. The molecule has 1 aliphatic heterocycles. The monoisotopic (exact) mass is 433 g/mol. The number of anilines is 1. The Morgan fingerprint density at radius 1 is 1.09 bits per heavy atom. The molecular weight excluding hydrogens is 413 g/mol. The van der Waals surface area contributed by atoms with Crippen LogP contribution in [0.25, 0.3) is 0 Å². The van der Waals surface area contributed by atoms with E-state index in [1.54, 1.807) is 30.3 Å². The van der Waals surface area contributed by atoms with E-state index in [9.17, 15) is 18.8 Å². The maximum atomic E-state index is 13.2. The topological polar surface area (TPSA) is 88.1 Å². The molecule has 2 aliphatic carbocycles. The van der Waals surface area contributed by atoms with Crippen LogP contribution in [0.4, 0.5) is 10.1 Å². The van der Waals surface area contributed by atoms with Gasteiger partial charge in [-0.05, 0) is 66.3 Å². The molecule has 2 fully saturated rings. The smallest absolute Gasteiger partial charge is 0.262 e. The predicted molar refractivity (Wildman–Crippen MR) is 114 cm³/mol. The van der Waals surface area contributed by atoms with Gasteiger partial charge in [0.25, 0.3) is 17.7 Å². The molecule has 0 unspecified atom stereocenters. The summed E-state index contributed by atoms with van der Waals surface area (Å²) >= 11 is 0. The van der Waals surface area contributed by atoms with Crippen LogP contribution in [0.1, 0.15) is 12.0 Å². The number of imide groups is 1. The van der Waals surface area contributed by atoms with Crippen LogP contribution in [-0.4, -0.2) is 35.6 Å². The maximum Gasteiger partial charge on any atom is 0.262 e.